The zero-order valence-corrected chi connectivity index (χ0v) is 19.6. The number of carbonyl (C=O) groups is 2. The van der Waals surface area contributed by atoms with E-state index in [9.17, 15) is 9.59 Å². The van der Waals surface area contributed by atoms with Gasteiger partial charge in [-0.25, -0.2) is 0 Å². The van der Waals surface area contributed by atoms with Crippen molar-refractivity contribution >= 4 is 23.7 Å². The van der Waals surface area contributed by atoms with Gasteiger partial charge in [0, 0.05) is 11.1 Å². The van der Waals surface area contributed by atoms with E-state index in [4.69, 9.17) is 33.2 Å². The molecule has 4 atom stereocenters. The first kappa shape index (κ1) is 21.4. The molecule has 1 saturated heterocycles. The van der Waals surface area contributed by atoms with Gasteiger partial charge in [0.25, 0.3) is 0 Å². The Morgan fingerprint density at radius 1 is 0.882 bits per heavy atom. The molecule has 1 fully saturated rings. The third-order valence-electron chi connectivity index (χ3n) is 6.85. The van der Waals surface area contributed by atoms with Gasteiger partial charge in [0.05, 0.1) is 14.2 Å². The van der Waals surface area contributed by atoms with Crippen LogP contribution < -0.4 is 18.9 Å². The van der Waals surface area contributed by atoms with Crippen LogP contribution in [0.1, 0.15) is 23.6 Å². The van der Waals surface area contributed by atoms with E-state index in [0.29, 0.717) is 39.9 Å². The molecular formula is C24H22O9S. The van der Waals surface area contributed by atoms with Gasteiger partial charge in [-0.05, 0) is 35.6 Å². The van der Waals surface area contributed by atoms with Crippen LogP contribution in [0.2, 0.25) is 0 Å². The Labute approximate surface area is 199 Å². The van der Waals surface area contributed by atoms with Gasteiger partial charge < -0.3 is 33.2 Å². The molecule has 0 amide bonds. The highest BCUT2D eigenvalue weighted by Gasteiger charge is 2.76. The van der Waals surface area contributed by atoms with E-state index in [2.05, 4.69) is 0 Å². The lowest BCUT2D eigenvalue weighted by Gasteiger charge is -2.37. The van der Waals surface area contributed by atoms with Crippen molar-refractivity contribution < 1.29 is 42.7 Å². The van der Waals surface area contributed by atoms with E-state index in [0.717, 1.165) is 5.56 Å². The van der Waals surface area contributed by atoms with Crippen LogP contribution in [0.4, 0.5) is 0 Å². The van der Waals surface area contributed by atoms with Crippen LogP contribution in [0.5, 0.6) is 23.0 Å². The lowest BCUT2D eigenvalue weighted by atomic mass is 9.65. The second kappa shape index (κ2) is 7.44. The second-order valence-corrected chi connectivity index (χ2v) is 9.73. The Balaban J connectivity index is 1.68. The number of thioether (sulfide) groups is 1. The number of rotatable bonds is 5. The molecule has 6 rings (SSSR count). The Morgan fingerprint density at radius 2 is 1.47 bits per heavy atom. The highest BCUT2D eigenvalue weighted by Crippen LogP contribution is 2.71. The van der Waals surface area contributed by atoms with E-state index in [1.54, 1.807) is 12.1 Å². The molecule has 4 aliphatic rings. The summed E-state index contributed by atoms with van der Waals surface area (Å²) in [6.45, 7) is 2.16. The molecule has 4 heterocycles. The van der Waals surface area contributed by atoms with E-state index in [1.807, 2.05) is 25.1 Å². The molecule has 9 nitrogen and oxygen atoms in total. The molecule has 4 unspecified atom stereocenters. The molecule has 0 radical (unpaired) electrons. The molecule has 4 aliphatic heterocycles. The SMILES string of the molecule is CCSC12OC(c3ccc4c(c3)OCO4)(c3cc4c(cc31)OCO4)C(C(=O)OC)C2C(=O)OC. The summed E-state index contributed by atoms with van der Waals surface area (Å²) >= 11 is 1.44. The largest absolute Gasteiger partial charge is 0.469 e. The van der Waals surface area contributed by atoms with Gasteiger partial charge in [-0.15, -0.1) is 11.8 Å². The first-order chi connectivity index (χ1) is 16.5. The van der Waals surface area contributed by atoms with Gasteiger partial charge in [-0.2, -0.15) is 0 Å². The Morgan fingerprint density at radius 3 is 2.12 bits per heavy atom. The van der Waals surface area contributed by atoms with Crippen LogP contribution in [-0.4, -0.2) is 45.5 Å². The molecule has 2 bridgehead atoms. The third-order valence-corrected chi connectivity index (χ3v) is 8.13. The fourth-order valence-corrected chi connectivity index (χ4v) is 6.94. The first-order valence-corrected chi connectivity index (χ1v) is 11.8. The summed E-state index contributed by atoms with van der Waals surface area (Å²) in [5.41, 5.74) is 0.743. The van der Waals surface area contributed by atoms with E-state index in [1.165, 1.54) is 26.0 Å². The zero-order valence-electron chi connectivity index (χ0n) is 18.7. The molecule has 34 heavy (non-hydrogen) atoms. The minimum Gasteiger partial charge on any atom is -0.469 e. The Bertz CT molecular complexity index is 1210. The number of hydrogen-bond donors (Lipinski definition) is 0. The molecule has 0 spiro atoms. The molecule has 0 aromatic heterocycles. The second-order valence-electron chi connectivity index (χ2n) is 8.26. The van der Waals surface area contributed by atoms with Crippen molar-refractivity contribution in [1.82, 2.24) is 0 Å². The normalized spacial score (nSPS) is 29.1. The predicted molar refractivity (Wildman–Crippen MR) is 118 cm³/mol. The minimum absolute atomic E-state index is 0.0882. The van der Waals surface area contributed by atoms with Crippen molar-refractivity contribution in [2.75, 3.05) is 33.6 Å². The smallest absolute Gasteiger partial charge is 0.313 e. The lowest BCUT2D eigenvalue weighted by Crippen LogP contribution is -2.47. The molecule has 178 valence electrons. The van der Waals surface area contributed by atoms with Gasteiger partial charge in [-0.1, -0.05) is 13.0 Å². The minimum atomic E-state index is -1.36. The maximum Gasteiger partial charge on any atom is 0.313 e. The van der Waals surface area contributed by atoms with Crippen molar-refractivity contribution in [3.05, 3.63) is 47.0 Å². The van der Waals surface area contributed by atoms with Gasteiger partial charge in [0.15, 0.2) is 27.9 Å². The van der Waals surface area contributed by atoms with Crippen LogP contribution in [0.15, 0.2) is 30.3 Å². The predicted octanol–water partition coefficient (Wildman–Crippen LogP) is 2.92. The summed E-state index contributed by atoms with van der Waals surface area (Å²) in [6.07, 6.45) is 0. The van der Waals surface area contributed by atoms with Crippen LogP contribution >= 0.6 is 11.8 Å². The number of esters is 2. The number of ether oxygens (including phenoxy) is 7. The molecular weight excluding hydrogens is 464 g/mol. The van der Waals surface area contributed by atoms with E-state index in [-0.39, 0.29) is 13.6 Å². The fourth-order valence-electron chi connectivity index (χ4n) is 5.58. The van der Waals surface area contributed by atoms with Gasteiger partial charge in [0.2, 0.25) is 13.6 Å². The molecule has 2 aromatic rings. The Hall–Kier alpha value is -3.11. The van der Waals surface area contributed by atoms with Crippen molar-refractivity contribution in [2.24, 2.45) is 11.8 Å². The number of methoxy groups -OCH3 is 2. The van der Waals surface area contributed by atoms with Crippen LogP contribution in [-0.2, 0) is 34.3 Å². The zero-order chi connectivity index (χ0) is 23.7. The lowest BCUT2D eigenvalue weighted by molar-refractivity contribution is -0.159. The summed E-state index contributed by atoms with van der Waals surface area (Å²) in [7, 11) is 2.61. The molecule has 0 N–H and O–H groups in total. The van der Waals surface area contributed by atoms with Gasteiger partial charge in [0.1, 0.15) is 17.4 Å². The average Bonchev–Trinajstić information content (AvgIpc) is 3.61. The highest BCUT2D eigenvalue weighted by atomic mass is 32.2. The van der Waals surface area contributed by atoms with Crippen molar-refractivity contribution in [2.45, 2.75) is 17.5 Å². The molecule has 10 heteroatoms. The van der Waals surface area contributed by atoms with Gasteiger partial charge >= 0.3 is 11.9 Å². The molecule has 0 saturated carbocycles. The summed E-state index contributed by atoms with van der Waals surface area (Å²) in [6, 6.07) is 9.07. The van der Waals surface area contributed by atoms with E-state index >= 15 is 0 Å². The first-order valence-electron chi connectivity index (χ1n) is 10.8. The summed E-state index contributed by atoms with van der Waals surface area (Å²) in [4.78, 5) is 25.5. The third kappa shape index (κ3) is 2.55. The van der Waals surface area contributed by atoms with Crippen molar-refractivity contribution in [3.63, 3.8) is 0 Å². The number of fused-ring (bicyclic) bond motifs is 7. The topological polar surface area (TPSA) is 98.8 Å². The summed E-state index contributed by atoms with van der Waals surface area (Å²) in [5, 5.41) is 0. The van der Waals surface area contributed by atoms with Crippen molar-refractivity contribution in [3.8, 4) is 23.0 Å². The van der Waals surface area contributed by atoms with E-state index < -0.39 is 34.3 Å². The summed E-state index contributed by atoms with van der Waals surface area (Å²) in [5.74, 6) is -0.261. The van der Waals surface area contributed by atoms with Crippen molar-refractivity contribution in [1.29, 1.82) is 0 Å². The molecule has 0 aliphatic carbocycles. The summed E-state index contributed by atoms with van der Waals surface area (Å²) < 4.78 is 39.7. The highest BCUT2D eigenvalue weighted by molar-refractivity contribution is 8.00. The number of benzene rings is 2. The average molecular weight is 486 g/mol. The number of hydrogen-bond acceptors (Lipinski definition) is 10. The quantitative estimate of drug-likeness (QED) is 0.587. The molecule has 2 aromatic carbocycles. The maximum atomic E-state index is 13.4. The van der Waals surface area contributed by atoms with Crippen LogP contribution in [0.3, 0.4) is 0 Å². The standard InChI is InChI=1S/C24H22O9S/c1-4-34-24-14-9-18-17(31-11-32-18)8-13(14)23(33-24,12-5-6-15-16(7-12)30-10-29-15)19(21(25)27-2)20(24)22(26)28-3/h5-9,19-20H,4,10-11H2,1-3H3. The van der Waals surface area contributed by atoms with Crippen LogP contribution in [0.25, 0.3) is 0 Å². The maximum absolute atomic E-state index is 13.4. The fraction of sp³-hybridized carbons (Fsp3) is 0.417. The monoisotopic (exact) mass is 486 g/mol. The van der Waals surface area contributed by atoms with Gasteiger partial charge in [-0.3, -0.25) is 9.59 Å². The Kier molecular flexibility index (Phi) is 4.69. The van der Waals surface area contributed by atoms with Crippen LogP contribution in [0, 0.1) is 11.8 Å². The number of carbonyl (C=O) groups excluding carboxylic acids is 2.